The van der Waals surface area contributed by atoms with Gasteiger partial charge >= 0.3 is 0 Å². The van der Waals surface area contributed by atoms with Crippen molar-refractivity contribution in [1.29, 1.82) is 5.26 Å². The molecular weight excluding hydrogens is 240 g/mol. The minimum absolute atomic E-state index is 0.0718. The van der Waals surface area contributed by atoms with E-state index >= 15 is 0 Å². The minimum Gasteiger partial charge on any atom is -0.370 e. The van der Waals surface area contributed by atoms with E-state index in [2.05, 4.69) is 16.4 Å². The molecule has 1 heterocycles. The number of nitrogens with one attached hydrogen (secondary N) is 1. The average Bonchev–Trinajstić information content (AvgIpc) is 3.24. The van der Waals surface area contributed by atoms with Crippen LogP contribution in [0.25, 0.3) is 0 Å². The average molecular weight is 258 g/mol. The molecule has 1 aliphatic rings. The van der Waals surface area contributed by atoms with Crippen molar-refractivity contribution in [2.75, 3.05) is 18.4 Å². The van der Waals surface area contributed by atoms with Crippen molar-refractivity contribution < 1.29 is 4.79 Å². The van der Waals surface area contributed by atoms with E-state index in [0.717, 1.165) is 19.4 Å². The van der Waals surface area contributed by atoms with E-state index < -0.39 is 0 Å². The van der Waals surface area contributed by atoms with Crippen molar-refractivity contribution in [2.24, 2.45) is 0 Å². The number of pyridine rings is 1. The summed E-state index contributed by atoms with van der Waals surface area (Å²) in [7, 11) is 0. The van der Waals surface area contributed by atoms with Crippen molar-refractivity contribution in [1.82, 2.24) is 9.88 Å². The molecule has 0 aromatic carbocycles. The molecule has 0 bridgehead atoms. The van der Waals surface area contributed by atoms with Crippen LogP contribution in [-0.2, 0) is 0 Å². The maximum Gasteiger partial charge on any atom is 0.272 e. The number of aromatic nitrogens is 1. The molecule has 100 valence electrons. The van der Waals surface area contributed by atoms with Crippen molar-refractivity contribution in [2.45, 2.75) is 32.2 Å². The zero-order valence-corrected chi connectivity index (χ0v) is 11.1. The lowest BCUT2D eigenvalue weighted by Crippen LogP contribution is -2.34. The fraction of sp³-hybridized carbons (Fsp3) is 0.500. The second kappa shape index (κ2) is 6.19. The molecule has 1 N–H and O–H groups in total. The molecule has 1 saturated carbocycles. The summed E-state index contributed by atoms with van der Waals surface area (Å²) >= 11 is 0. The first kappa shape index (κ1) is 13.3. The number of anilines is 1. The van der Waals surface area contributed by atoms with Gasteiger partial charge in [0, 0.05) is 19.1 Å². The summed E-state index contributed by atoms with van der Waals surface area (Å²) in [5, 5.41) is 11.8. The van der Waals surface area contributed by atoms with Crippen LogP contribution >= 0.6 is 0 Å². The van der Waals surface area contributed by atoms with E-state index in [1.165, 1.54) is 0 Å². The molecule has 1 aromatic heterocycles. The summed E-state index contributed by atoms with van der Waals surface area (Å²) in [6.07, 6.45) is 2.43. The zero-order chi connectivity index (χ0) is 13.7. The van der Waals surface area contributed by atoms with E-state index in [-0.39, 0.29) is 5.91 Å². The van der Waals surface area contributed by atoms with Crippen LogP contribution in [0.1, 0.15) is 36.7 Å². The normalized spacial score (nSPS) is 13.7. The Morgan fingerprint density at radius 2 is 2.37 bits per heavy atom. The van der Waals surface area contributed by atoms with Crippen molar-refractivity contribution in [3.8, 4) is 6.07 Å². The smallest absolute Gasteiger partial charge is 0.272 e. The van der Waals surface area contributed by atoms with Gasteiger partial charge in [0.1, 0.15) is 11.5 Å². The van der Waals surface area contributed by atoms with Crippen LogP contribution in [0.2, 0.25) is 0 Å². The Kier molecular flexibility index (Phi) is 4.35. The summed E-state index contributed by atoms with van der Waals surface area (Å²) < 4.78 is 0. The second-order valence-electron chi connectivity index (χ2n) is 4.58. The number of nitrogens with zero attached hydrogens (tertiary/aromatic N) is 3. The quantitative estimate of drug-likeness (QED) is 0.847. The lowest BCUT2D eigenvalue weighted by Gasteiger charge is -2.20. The van der Waals surface area contributed by atoms with Crippen LogP contribution in [0, 0.1) is 11.3 Å². The SMILES string of the molecule is CCNc1cccc(C(=O)N(CCC#N)C2CC2)n1. The summed E-state index contributed by atoms with van der Waals surface area (Å²) in [6.45, 7) is 3.25. The summed E-state index contributed by atoms with van der Waals surface area (Å²) in [5.41, 5.74) is 0.447. The number of carbonyl (C=O) groups is 1. The molecule has 0 atom stereocenters. The Bertz CT molecular complexity index is 490. The van der Waals surface area contributed by atoms with Crippen molar-refractivity contribution >= 4 is 11.7 Å². The highest BCUT2D eigenvalue weighted by Gasteiger charge is 2.33. The van der Waals surface area contributed by atoms with E-state index in [9.17, 15) is 4.79 Å². The van der Waals surface area contributed by atoms with Gasteiger partial charge in [0.25, 0.3) is 5.91 Å². The number of nitriles is 1. The van der Waals surface area contributed by atoms with Gasteiger partial charge < -0.3 is 10.2 Å². The van der Waals surface area contributed by atoms with E-state index in [1.54, 1.807) is 11.0 Å². The molecule has 0 unspecified atom stereocenters. The van der Waals surface area contributed by atoms with Crippen LogP contribution in [0.3, 0.4) is 0 Å². The van der Waals surface area contributed by atoms with Crippen molar-refractivity contribution in [3.05, 3.63) is 23.9 Å². The molecule has 1 aromatic rings. The first-order valence-corrected chi connectivity index (χ1v) is 6.65. The van der Waals surface area contributed by atoms with Gasteiger partial charge in [0.15, 0.2) is 0 Å². The van der Waals surface area contributed by atoms with Crippen LogP contribution in [-0.4, -0.2) is 34.9 Å². The largest absolute Gasteiger partial charge is 0.370 e. The first-order chi connectivity index (χ1) is 9.26. The lowest BCUT2D eigenvalue weighted by molar-refractivity contribution is 0.0741. The van der Waals surface area contributed by atoms with E-state index in [4.69, 9.17) is 5.26 Å². The molecule has 5 heteroatoms. The third-order valence-electron chi connectivity index (χ3n) is 3.04. The highest BCUT2D eigenvalue weighted by molar-refractivity contribution is 5.93. The number of rotatable bonds is 6. The molecule has 1 fully saturated rings. The Labute approximate surface area is 113 Å². The minimum atomic E-state index is -0.0718. The molecule has 5 nitrogen and oxygen atoms in total. The lowest BCUT2D eigenvalue weighted by atomic mass is 10.2. The van der Waals surface area contributed by atoms with Crippen LogP contribution in [0.5, 0.6) is 0 Å². The van der Waals surface area contributed by atoms with Gasteiger partial charge in [-0.1, -0.05) is 6.07 Å². The molecule has 1 aliphatic carbocycles. The van der Waals surface area contributed by atoms with Crippen LogP contribution < -0.4 is 5.32 Å². The molecule has 0 aliphatic heterocycles. The summed E-state index contributed by atoms with van der Waals surface area (Å²) in [5.74, 6) is 0.641. The number of hydrogen-bond acceptors (Lipinski definition) is 4. The van der Waals surface area contributed by atoms with Crippen LogP contribution in [0.15, 0.2) is 18.2 Å². The maximum atomic E-state index is 12.4. The number of hydrogen-bond donors (Lipinski definition) is 1. The zero-order valence-electron chi connectivity index (χ0n) is 11.1. The Morgan fingerprint density at radius 3 is 3.00 bits per heavy atom. The van der Waals surface area contributed by atoms with Gasteiger partial charge in [-0.25, -0.2) is 4.98 Å². The van der Waals surface area contributed by atoms with Gasteiger partial charge in [0.05, 0.1) is 12.5 Å². The number of amides is 1. The third-order valence-corrected chi connectivity index (χ3v) is 3.04. The number of carbonyl (C=O) groups excluding carboxylic acids is 1. The molecule has 0 radical (unpaired) electrons. The van der Waals surface area contributed by atoms with E-state index in [0.29, 0.717) is 30.5 Å². The molecule has 19 heavy (non-hydrogen) atoms. The fourth-order valence-corrected chi connectivity index (χ4v) is 1.99. The fourth-order valence-electron chi connectivity index (χ4n) is 1.99. The molecule has 1 amide bonds. The standard InChI is InChI=1S/C14H18N4O/c1-2-16-13-6-3-5-12(17-13)14(19)18(10-4-9-15)11-7-8-11/h3,5-6,11H,2,4,7-8,10H2,1H3,(H,16,17). The highest BCUT2D eigenvalue weighted by Crippen LogP contribution is 2.28. The maximum absolute atomic E-state index is 12.4. The Morgan fingerprint density at radius 1 is 1.58 bits per heavy atom. The monoisotopic (exact) mass is 258 g/mol. The Balaban J connectivity index is 2.12. The highest BCUT2D eigenvalue weighted by atomic mass is 16.2. The Hall–Kier alpha value is -2.09. The third kappa shape index (κ3) is 3.44. The van der Waals surface area contributed by atoms with Gasteiger partial charge in [-0.3, -0.25) is 4.79 Å². The van der Waals surface area contributed by atoms with Gasteiger partial charge in [0.2, 0.25) is 0 Å². The summed E-state index contributed by atoms with van der Waals surface area (Å²) in [4.78, 5) is 18.5. The van der Waals surface area contributed by atoms with Gasteiger partial charge in [-0.2, -0.15) is 5.26 Å². The predicted octanol–water partition coefficient (Wildman–Crippen LogP) is 2.03. The van der Waals surface area contributed by atoms with E-state index in [1.807, 2.05) is 19.1 Å². The molecule has 0 spiro atoms. The topological polar surface area (TPSA) is 69.0 Å². The molecular formula is C14H18N4O. The van der Waals surface area contributed by atoms with Gasteiger partial charge in [-0.05, 0) is 31.9 Å². The second-order valence-corrected chi connectivity index (χ2v) is 4.58. The predicted molar refractivity (Wildman–Crippen MR) is 72.7 cm³/mol. The first-order valence-electron chi connectivity index (χ1n) is 6.65. The van der Waals surface area contributed by atoms with Crippen LogP contribution in [0.4, 0.5) is 5.82 Å². The van der Waals surface area contributed by atoms with Crippen molar-refractivity contribution in [3.63, 3.8) is 0 Å². The molecule has 2 rings (SSSR count). The van der Waals surface area contributed by atoms with Gasteiger partial charge in [-0.15, -0.1) is 0 Å². The molecule has 0 saturated heterocycles. The summed E-state index contributed by atoms with van der Waals surface area (Å²) in [6, 6.07) is 7.79.